The molecule has 114 valence electrons. The van der Waals surface area contributed by atoms with Crippen LogP contribution in [0.2, 0.25) is 5.02 Å². The van der Waals surface area contributed by atoms with Crippen molar-refractivity contribution in [3.8, 4) is 0 Å². The average molecular weight is 329 g/mol. The fourth-order valence-corrected chi connectivity index (χ4v) is 3.82. The van der Waals surface area contributed by atoms with Gasteiger partial charge in [0.05, 0.1) is 23.6 Å². The summed E-state index contributed by atoms with van der Waals surface area (Å²) in [5.74, 6) is 0. The van der Waals surface area contributed by atoms with Crippen molar-refractivity contribution in [2.45, 2.75) is 25.3 Å². The first-order chi connectivity index (χ1) is 9.85. The summed E-state index contributed by atoms with van der Waals surface area (Å²) in [5.41, 5.74) is 6.91. The molecule has 1 aromatic carbocycles. The maximum atomic E-state index is 12.5. The number of nitrogens with two attached hydrogens (primary N) is 1. The van der Waals surface area contributed by atoms with Gasteiger partial charge in [0.25, 0.3) is 10.0 Å². The van der Waals surface area contributed by atoms with Gasteiger partial charge in [0, 0.05) is 11.6 Å². The number of sulfonamides is 1. The highest BCUT2D eigenvalue weighted by Crippen LogP contribution is 2.23. The molecular formula is C13H17ClN4O2S. The number of rotatable bonds is 5. The first-order valence-electron chi connectivity index (χ1n) is 6.37. The normalized spacial score (nSPS) is 11.6. The molecule has 0 spiro atoms. The summed E-state index contributed by atoms with van der Waals surface area (Å²) in [4.78, 5) is 0.177. The van der Waals surface area contributed by atoms with E-state index in [-0.39, 0.29) is 4.90 Å². The fraction of sp³-hybridized carbons (Fsp3) is 0.308. The van der Waals surface area contributed by atoms with E-state index < -0.39 is 10.0 Å². The Morgan fingerprint density at radius 2 is 2.10 bits per heavy atom. The number of nitrogens with one attached hydrogen (secondary N) is 1. The molecule has 0 saturated heterocycles. The van der Waals surface area contributed by atoms with Gasteiger partial charge in [-0.3, -0.25) is 9.40 Å². The van der Waals surface area contributed by atoms with E-state index >= 15 is 0 Å². The predicted octanol–water partition coefficient (Wildman–Crippen LogP) is 1.91. The van der Waals surface area contributed by atoms with E-state index in [1.165, 1.54) is 0 Å². The van der Waals surface area contributed by atoms with Crippen LogP contribution in [0.1, 0.15) is 11.4 Å². The lowest BCUT2D eigenvalue weighted by Gasteiger charge is -2.09. The smallest absolute Gasteiger partial charge is 0.265 e. The Labute approximate surface area is 129 Å². The summed E-state index contributed by atoms with van der Waals surface area (Å²) in [6.45, 7) is 4.23. The number of aromatic nitrogens is 2. The van der Waals surface area contributed by atoms with Crippen molar-refractivity contribution in [3.05, 3.63) is 40.7 Å². The lowest BCUT2D eigenvalue weighted by atomic mass is 10.3. The molecule has 0 bridgehead atoms. The zero-order chi connectivity index (χ0) is 15.6. The molecule has 1 aromatic heterocycles. The molecule has 0 aliphatic rings. The van der Waals surface area contributed by atoms with Gasteiger partial charge >= 0.3 is 0 Å². The summed E-state index contributed by atoms with van der Waals surface area (Å²) in [6.07, 6.45) is 0. The van der Waals surface area contributed by atoms with Crippen molar-refractivity contribution in [3.63, 3.8) is 0 Å². The van der Waals surface area contributed by atoms with Gasteiger partial charge in [0.1, 0.15) is 4.90 Å². The van der Waals surface area contributed by atoms with Gasteiger partial charge < -0.3 is 5.73 Å². The SMILES string of the molecule is Cc1nn(CCN)c(C)c1S(=O)(=O)Nc1cccc(Cl)c1. The fourth-order valence-electron chi connectivity index (χ4n) is 2.17. The van der Waals surface area contributed by atoms with Crippen LogP contribution in [0.15, 0.2) is 29.2 Å². The Balaban J connectivity index is 2.40. The Morgan fingerprint density at radius 3 is 2.71 bits per heavy atom. The van der Waals surface area contributed by atoms with E-state index in [0.29, 0.717) is 35.2 Å². The molecule has 0 unspecified atom stereocenters. The van der Waals surface area contributed by atoms with Crippen LogP contribution in [-0.4, -0.2) is 24.7 Å². The van der Waals surface area contributed by atoms with Crippen LogP contribution in [0.25, 0.3) is 0 Å². The minimum Gasteiger partial charge on any atom is -0.329 e. The highest BCUT2D eigenvalue weighted by molar-refractivity contribution is 7.92. The monoisotopic (exact) mass is 328 g/mol. The van der Waals surface area contributed by atoms with Crippen molar-refractivity contribution >= 4 is 27.3 Å². The van der Waals surface area contributed by atoms with Crippen LogP contribution >= 0.6 is 11.6 Å². The lowest BCUT2D eigenvalue weighted by Crippen LogP contribution is -2.16. The van der Waals surface area contributed by atoms with Gasteiger partial charge in [-0.1, -0.05) is 17.7 Å². The molecule has 0 radical (unpaired) electrons. The predicted molar refractivity (Wildman–Crippen MR) is 83.0 cm³/mol. The third-order valence-electron chi connectivity index (χ3n) is 3.00. The number of anilines is 1. The number of halogens is 1. The molecule has 2 rings (SSSR count). The molecule has 3 N–H and O–H groups in total. The Morgan fingerprint density at radius 1 is 1.38 bits per heavy atom. The zero-order valence-electron chi connectivity index (χ0n) is 11.8. The summed E-state index contributed by atoms with van der Waals surface area (Å²) in [7, 11) is -3.72. The highest BCUT2D eigenvalue weighted by Gasteiger charge is 2.24. The molecular weight excluding hydrogens is 312 g/mol. The zero-order valence-corrected chi connectivity index (χ0v) is 13.4. The van der Waals surface area contributed by atoms with Gasteiger partial charge in [-0.25, -0.2) is 8.42 Å². The molecule has 0 saturated carbocycles. The average Bonchev–Trinajstić information content (AvgIpc) is 2.64. The first-order valence-corrected chi connectivity index (χ1v) is 8.23. The third-order valence-corrected chi connectivity index (χ3v) is 4.87. The molecule has 0 aliphatic carbocycles. The Hall–Kier alpha value is -1.57. The molecule has 0 aliphatic heterocycles. The van der Waals surface area contributed by atoms with E-state index in [0.717, 1.165) is 0 Å². The van der Waals surface area contributed by atoms with E-state index in [1.54, 1.807) is 42.8 Å². The molecule has 2 aromatic rings. The van der Waals surface area contributed by atoms with Gasteiger partial charge in [0.2, 0.25) is 0 Å². The van der Waals surface area contributed by atoms with Crippen LogP contribution < -0.4 is 10.5 Å². The van der Waals surface area contributed by atoms with Crippen LogP contribution in [0.4, 0.5) is 5.69 Å². The maximum Gasteiger partial charge on any atom is 0.265 e. The second-order valence-corrected chi connectivity index (χ2v) is 6.68. The molecule has 0 fully saturated rings. The number of hydrogen-bond donors (Lipinski definition) is 2. The Bertz CT molecular complexity index is 756. The van der Waals surface area contributed by atoms with E-state index in [1.807, 2.05) is 0 Å². The summed E-state index contributed by atoms with van der Waals surface area (Å²) >= 11 is 5.86. The van der Waals surface area contributed by atoms with E-state index in [9.17, 15) is 8.42 Å². The van der Waals surface area contributed by atoms with Gasteiger partial charge in [-0.15, -0.1) is 0 Å². The molecule has 1 heterocycles. The first kappa shape index (κ1) is 15.8. The van der Waals surface area contributed by atoms with E-state index in [4.69, 9.17) is 17.3 Å². The standard InChI is InChI=1S/C13H17ClN4O2S/c1-9-13(10(2)18(16-9)7-6-15)21(19,20)17-12-5-3-4-11(14)8-12/h3-5,8,17H,6-7,15H2,1-2H3. The van der Waals surface area contributed by atoms with Crippen molar-refractivity contribution in [1.82, 2.24) is 9.78 Å². The molecule has 21 heavy (non-hydrogen) atoms. The van der Waals surface area contributed by atoms with Crippen LogP contribution in [-0.2, 0) is 16.6 Å². The summed E-state index contributed by atoms with van der Waals surface area (Å²) in [5, 5.41) is 4.68. The second-order valence-electron chi connectivity index (χ2n) is 4.63. The highest BCUT2D eigenvalue weighted by atomic mass is 35.5. The number of nitrogens with zero attached hydrogens (tertiary/aromatic N) is 2. The summed E-state index contributed by atoms with van der Waals surface area (Å²) < 4.78 is 29.2. The van der Waals surface area contributed by atoms with Crippen LogP contribution in [0, 0.1) is 13.8 Å². The minimum atomic E-state index is -3.72. The molecule has 6 nitrogen and oxygen atoms in total. The maximum absolute atomic E-state index is 12.5. The number of aryl methyl sites for hydroxylation is 1. The quantitative estimate of drug-likeness (QED) is 0.877. The van der Waals surface area contributed by atoms with Crippen molar-refractivity contribution in [2.75, 3.05) is 11.3 Å². The van der Waals surface area contributed by atoms with Crippen LogP contribution in [0.5, 0.6) is 0 Å². The Kier molecular flexibility index (Phi) is 4.55. The topological polar surface area (TPSA) is 90.0 Å². The third kappa shape index (κ3) is 3.37. The minimum absolute atomic E-state index is 0.177. The number of hydrogen-bond acceptors (Lipinski definition) is 4. The largest absolute Gasteiger partial charge is 0.329 e. The molecule has 0 amide bonds. The molecule has 8 heteroatoms. The van der Waals surface area contributed by atoms with Gasteiger partial charge in [-0.2, -0.15) is 5.10 Å². The molecule has 0 atom stereocenters. The van der Waals surface area contributed by atoms with Crippen molar-refractivity contribution in [2.24, 2.45) is 5.73 Å². The lowest BCUT2D eigenvalue weighted by molar-refractivity contribution is 0.593. The van der Waals surface area contributed by atoms with E-state index in [2.05, 4.69) is 9.82 Å². The summed E-state index contributed by atoms with van der Waals surface area (Å²) in [6, 6.07) is 6.54. The second kappa shape index (κ2) is 6.05. The van der Waals surface area contributed by atoms with Crippen LogP contribution in [0.3, 0.4) is 0 Å². The van der Waals surface area contributed by atoms with Gasteiger partial charge in [0.15, 0.2) is 0 Å². The van der Waals surface area contributed by atoms with Crippen molar-refractivity contribution < 1.29 is 8.42 Å². The van der Waals surface area contributed by atoms with Gasteiger partial charge in [-0.05, 0) is 32.0 Å². The van der Waals surface area contributed by atoms with Crippen molar-refractivity contribution in [1.29, 1.82) is 0 Å². The number of benzene rings is 1.